The number of para-hydroxylation sites is 2. The summed E-state index contributed by atoms with van der Waals surface area (Å²) in [5.74, 6) is -0.642. The number of benzene rings is 4. The average molecular weight is 542 g/mol. The van der Waals surface area contributed by atoms with Gasteiger partial charge in [-0.2, -0.15) is 0 Å². The molecule has 0 atom stereocenters. The van der Waals surface area contributed by atoms with Gasteiger partial charge in [0, 0.05) is 10.2 Å². The lowest BCUT2D eigenvalue weighted by Crippen LogP contribution is -2.34. The van der Waals surface area contributed by atoms with Gasteiger partial charge in [-0.3, -0.25) is 9.59 Å². The first-order chi connectivity index (χ1) is 17.6. The minimum atomic E-state index is -0.330. The lowest BCUT2D eigenvalue weighted by atomic mass is 10.1. The summed E-state index contributed by atoms with van der Waals surface area (Å²) < 4.78 is 0.936. The van der Waals surface area contributed by atoms with Crippen LogP contribution in [0.2, 0.25) is 0 Å². The summed E-state index contributed by atoms with van der Waals surface area (Å²) in [6, 6.07) is 33.3. The van der Waals surface area contributed by atoms with E-state index >= 15 is 0 Å². The van der Waals surface area contributed by atoms with Crippen LogP contribution in [0.5, 0.6) is 0 Å². The molecule has 2 amide bonds. The molecule has 180 valence electrons. The van der Waals surface area contributed by atoms with Crippen molar-refractivity contribution in [1.82, 2.24) is 0 Å². The predicted octanol–water partition coefficient (Wildman–Crippen LogP) is 6.29. The highest BCUT2D eigenvalue weighted by molar-refractivity contribution is 9.10. The van der Waals surface area contributed by atoms with Crippen LogP contribution in [0.15, 0.2) is 119 Å². The van der Waals surface area contributed by atoms with Crippen molar-refractivity contribution in [3.63, 3.8) is 0 Å². The molecule has 0 radical (unpaired) electrons. The molecule has 0 saturated carbocycles. The van der Waals surface area contributed by atoms with E-state index in [0.29, 0.717) is 16.9 Å². The molecular weight excluding hydrogens is 518 g/mol. The Morgan fingerprint density at radius 2 is 1.47 bits per heavy atom. The monoisotopic (exact) mass is 541 g/mol. The van der Waals surface area contributed by atoms with E-state index in [0.717, 1.165) is 15.6 Å². The molecule has 4 rings (SSSR count). The second kappa shape index (κ2) is 12.5. The van der Waals surface area contributed by atoms with E-state index in [4.69, 9.17) is 4.84 Å². The smallest absolute Gasteiger partial charge is 0.268 e. The number of carbonyl (C=O) groups excluding carboxylic acids is 2. The van der Waals surface area contributed by atoms with Crippen LogP contribution >= 0.6 is 15.9 Å². The number of hydrogen-bond donors (Lipinski definition) is 1. The molecule has 0 fully saturated rings. The Morgan fingerprint density at radius 3 is 2.19 bits per heavy atom. The average Bonchev–Trinajstić information content (AvgIpc) is 2.92. The number of carbonyl (C=O) groups is 2. The number of rotatable bonds is 9. The number of amides is 2. The highest BCUT2D eigenvalue weighted by Gasteiger charge is 2.22. The fraction of sp³-hybridized carbons (Fsp3) is 0.0690. The summed E-state index contributed by atoms with van der Waals surface area (Å²) >= 11 is 3.44. The quantitative estimate of drug-likeness (QED) is 0.200. The number of oxime groups is 1. The Bertz CT molecular complexity index is 1330. The lowest BCUT2D eigenvalue weighted by Gasteiger charge is -2.25. The van der Waals surface area contributed by atoms with Gasteiger partial charge in [-0.15, -0.1) is 0 Å². The molecule has 0 aromatic heterocycles. The van der Waals surface area contributed by atoms with Crippen LogP contribution in [-0.2, 0) is 16.2 Å². The molecule has 7 heteroatoms. The second-order valence-electron chi connectivity index (χ2n) is 7.86. The van der Waals surface area contributed by atoms with Gasteiger partial charge >= 0.3 is 0 Å². The number of halogens is 1. The van der Waals surface area contributed by atoms with E-state index in [9.17, 15) is 9.59 Å². The SMILES string of the molecule is O=C(Nc1ccccc1)c1ccccc1N(Cc1ccc(Br)cc1)C(=O)CON=Cc1ccccc1. The first-order valence-corrected chi connectivity index (χ1v) is 12.1. The summed E-state index contributed by atoms with van der Waals surface area (Å²) in [5.41, 5.74) is 3.29. The van der Waals surface area contributed by atoms with Gasteiger partial charge in [0.2, 0.25) is 0 Å². The van der Waals surface area contributed by atoms with E-state index in [2.05, 4.69) is 26.4 Å². The second-order valence-corrected chi connectivity index (χ2v) is 8.78. The van der Waals surface area contributed by atoms with Gasteiger partial charge in [-0.25, -0.2) is 0 Å². The zero-order valence-electron chi connectivity index (χ0n) is 19.4. The van der Waals surface area contributed by atoms with Crippen molar-refractivity contribution in [1.29, 1.82) is 0 Å². The summed E-state index contributed by atoms with van der Waals surface area (Å²) in [5, 5.41) is 6.83. The first-order valence-electron chi connectivity index (χ1n) is 11.3. The maximum absolute atomic E-state index is 13.3. The third kappa shape index (κ3) is 6.90. The van der Waals surface area contributed by atoms with Gasteiger partial charge in [0.1, 0.15) is 0 Å². The van der Waals surface area contributed by atoms with Crippen molar-refractivity contribution in [3.8, 4) is 0 Å². The Balaban J connectivity index is 1.57. The van der Waals surface area contributed by atoms with E-state index in [1.54, 1.807) is 35.4 Å². The van der Waals surface area contributed by atoms with Gasteiger partial charge in [0.15, 0.2) is 6.61 Å². The molecule has 0 heterocycles. The summed E-state index contributed by atoms with van der Waals surface area (Å²) in [6.07, 6.45) is 1.55. The molecule has 0 spiro atoms. The number of anilines is 2. The van der Waals surface area contributed by atoms with Crippen LogP contribution in [0, 0.1) is 0 Å². The number of nitrogens with zero attached hydrogens (tertiary/aromatic N) is 2. The largest absolute Gasteiger partial charge is 0.386 e. The van der Waals surface area contributed by atoms with Crippen LogP contribution in [0.25, 0.3) is 0 Å². The Morgan fingerprint density at radius 1 is 0.833 bits per heavy atom. The fourth-order valence-corrected chi connectivity index (χ4v) is 3.77. The zero-order chi connectivity index (χ0) is 25.2. The molecule has 1 N–H and O–H groups in total. The van der Waals surface area contributed by atoms with E-state index in [-0.39, 0.29) is 25.0 Å². The van der Waals surface area contributed by atoms with Crippen molar-refractivity contribution < 1.29 is 14.4 Å². The van der Waals surface area contributed by atoms with Gasteiger partial charge < -0.3 is 15.1 Å². The molecule has 0 aliphatic rings. The minimum Gasteiger partial charge on any atom is -0.386 e. The molecule has 4 aromatic rings. The topological polar surface area (TPSA) is 71.0 Å². The van der Waals surface area contributed by atoms with Crippen molar-refractivity contribution in [2.45, 2.75) is 6.54 Å². The van der Waals surface area contributed by atoms with Crippen LogP contribution < -0.4 is 10.2 Å². The third-order valence-corrected chi connectivity index (χ3v) is 5.82. The fourth-order valence-electron chi connectivity index (χ4n) is 3.51. The van der Waals surface area contributed by atoms with Crippen LogP contribution in [0.1, 0.15) is 21.5 Å². The van der Waals surface area contributed by atoms with E-state index in [1.807, 2.05) is 84.9 Å². The van der Waals surface area contributed by atoms with Gasteiger partial charge in [0.25, 0.3) is 11.8 Å². The summed E-state index contributed by atoms with van der Waals surface area (Å²) in [7, 11) is 0. The van der Waals surface area contributed by atoms with Gasteiger partial charge in [-0.1, -0.05) is 93.9 Å². The van der Waals surface area contributed by atoms with Crippen LogP contribution in [0.3, 0.4) is 0 Å². The molecule has 0 aliphatic carbocycles. The summed E-state index contributed by atoms with van der Waals surface area (Å²) in [4.78, 5) is 33.4. The molecule has 0 saturated heterocycles. The van der Waals surface area contributed by atoms with Crippen molar-refractivity contribution >= 4 is 45.3 Å². The third-order valence-electron chi connectivity index (χ3n) is 5.29. The number of hydrogen-bond acceptors (Lipinski definition) is 4. The summed E-state index contributed by atoms with van der Waals surface area (Å²) in [6.45, 7) is -0.0258. The van der Waals surface area contributed by atoms with Crippen molar-refractivity contribution in [3.05, 3.63) is 130 Å². The molecule has 0 aliphatic heterocycles. The number of nitrogens with one attached hydrogen (secondary N) is 1. The van der Waals surface area contributed by atoms with Crippen LogP contribution in [0.4, 0.5) is 11.4 Å². The standard InChI is InChI=1S/C29H24BrN3O3/c30-24-17-15-23(16-18-24)20-33(28(34)21-36-31-19-22-9-3-1-4-10-22)27-14-8-7-13-26(27)29(35)32-25-11-5-2-6-12-25/h1-19H,20-21H2,(H,32,35). The minimum absolute atomic E-state index is 0.257. The van der Waals surface area contributed by atoms with Crippen molar-refractivity contribution in [2.75, 3.05) is 16.8 Å². The maximum Gasteiger partial charge on any atom is 0.268 e. The zero-order valence-corrected chi connectivity index (χ0v) is 21.0. The molecule has 4 aromatic carbocycles. The van der Waals surface area contributed by atoms with E-state index < -0.39 is 0 Å². The normalized spacial score (nSPS) is 10.7. The Kier molecular flexibility index (Phi) is 8.62. The Labute approximate surface area is 218 Å². The highest BCUT2D eigenvalue weighted by atomic mass is 79.9. The molecule has 6 nitrogen and oxygen atoms in total. The Hall–Kier alpha value is -4.23. The van der Waals surface area contributed by atoms with Crippen molar-refractivity contribution in [2.24, 2.45) is 5.16 Å². The molecular formula is C29H24BrN3O3. The predicted molar refractivity (Wildman–Crippen MR) is 146 cm³/mol. The van der Waals surface area contributed by atoms with Crippen LogP contribution in [-0.4, -0.2) is 24.6 Å². The molecule has 36 heavy (non-hydrogen) atoms. The maximum atomic E-state index is 13.3. The molecule has 0 bridgehead atoms. The first kappa shape index (κ1) is 24.9. The molecule has 0 unspecified atom stereocenters. The van der Waals surface area contributed by atoms with Gasteiger partial charge in [-0.05, 0) is 47.5 Å². The van der Waals surface area contributed by atoms with E-state index in [1.165, 1.54) is 0 Å². The lowest BCUT2D eigenvalue weighted by molar-refractivity contribution is -0.123. The highest BCUT2D eigenvalue weighted by Crippen LogP contribution is 2.25. The van der Waals surface area contributed by atoms with Gasteiger partial charge in [0.05, 0.1) is 24.0 Å².